The second-order valence-electron chi connectivity index (χ2n) is 6.60. The van der Waals surface area contributed by atoms with Gasteiger partial charge in [0.25, 0.3) is 5.91 Å². The van der Waals surface area contributed by atoms with Gasteiger partial charge in [-0.2, -0.15) is 0 Å². The average molecular weight is 339 g/mol. The minimum atomic E-state index is 0.191. The number of H-pyrrole nitrogens is 1. The molecule has 1 saturated heterocycles. The van der Waals surface area contributed by atoms with E-state index in [0.717, 1.165) is 59.7 Å². The third kappa shape index (κ3) is 2.96. The van der Waals surface area contributed by atoms with Crippen LogP contribution in [0, 0.1) is 12.8 Å². The fourth-order valence-electron chi connectivity index (χ4n) is 3.53. The zero-order chi connectivity index (χ0) is 16.5. The van der Waals surface area contributed by atoms with Gasteiger partial charge in [0.05, 0.1) is 15.9 Å². The number of carbonyl (C=O) groups is 1. The van der Waals surface area contributed by atoms with Crippen molar-refractivity contribution in [1.29, 1.82) is 0 Å². The summed E-state index contributed by atoms with van der Waals surface area (Å²) in [4.78, 5) is 23.7. The lowest BCUT2D eigenvalue weighted by Crippen LogP contribution is -2.40. The lowest BCUT2D eigenvalue weighted by Gasteiger charge is -2.32. The molecule has 3 heterocycles. The van der Waals surface area contributed by atoms with Crippen LogP contribution >= 0.6 is 11.3 Å². The lowest BCUT2D eigenvalue weighted by molar-refractivity contribution is 0.0676. The molecule has 0 spiro atoms. The maximum atomic E-state index is 12.7. The van der Waals surface area contributed by atoms with Crippen molar-refractivity contribution in [3.8, 4) is 0 Å². The second kappa shape index (κ2) is 6.40. The van der Waals surface area contributed by atoms with Crippen molar-refractivity contribution >= 4 is 28.3 Å². The summed E-state index contributed by atoms with van der Waals surface area (Å²) in [6, 6.07) is 10.1. The van der Waals surface area contributed by atoms with E-state index in [1.165, 1.54) is 0 Å². The quantitative estimate of drug-likeness (QED) is 0.783. The van der Waals surface area contributed by atoms with Crippen molar-refractivity contribution < 1.29 is 4.79 Å². The van der Waals surface area contributed by atoms with Crippen LogP contribution < -0.4 is 0 Å². The highest BCUT2D eigenvalue weighted by Crippen LogP contribution is 2.25. The number of thiophene rings is 1. The van der Waals surface area contributed by atoms with Crippen molar-refractivity contribution in [2.45, 2.75) is 26.2 Å². The van der Waals surface area contributed by atoms with Crippen LogP contribution in [0.15, 0.2) is 35.7 Å². The van der Waals surface area contributed by atoms with Gasteiger partial charge in [0.15, 0.2) is 0 Å². The molecule has 0 bridgehead atoms. The first-order chi connectivity index (χ1) is 11.7. The predicted molar refractivity (Wildman–Crippen MR) is 97.5 cm³/mol. The molecule has 1 N–H and O–H groups in total. The van der Waals surface area contributed by atoms with Crippen molar-refractivity contribution in [2.24, 2.45) is 5.92 Å². The Morgan fingerprint density at radius 2 is 2.25 bits per heavy atom. The number of aromatic amines is 1. The summed E-state index contributed by atoms with van der Waals surface area (Å²) in [6.45, 7) is 3.71. The second-order valence-corrected chi connectivity index (χ2v) is 7.51. The third-order valence-corrected chi connectivity index (χ3v) is 5.79. The molecule has 4 nitrogen and oxygen atoms in total. The Kier molecular flexibility index (Phi) is 4.10. The molecular weight excluding hydrogens is 318 g/mol. The van der Waals surface area contributed by atoms with E-state index in [1.54, 1.807) is 11.3 Å². The Bertz CT molecular complexity index is 833. The van der Waals surface area contributed by atoms with E-state index in [9.17, 15) is 4.79 Å². The minimum Gasteiger partial charge on any atom is -0.342 e. The van der Waals surface area contributed by atoms with Gasteiger partial charge >= 0.3 is 0 Å². The monoisotopic (exact) mass is 339 g/mol. The van der Waals surface area contributed by atoms with E-state index in [0.29, 0.717) is 5.92 Å². The number of carbonyl (C=O) groups excluding carboxylic acids is 1. The molecule has 124 valence electrons. The van der Waals surface area contributed by atoms with Crippen molar-refractivity contribution in [2.75, 3.05) is 13.1 Å². The Morgan fingerprint density at radius 3 is 3.04 bits per heavy atom. The molecule has 1 aromatic carbocycles. The molecular formula is C19H21N3OS. The third-order valence-electron chi connectivity index (χ3n) is 4.78. The van der Waals surface area contributed by atoms with Crippen LogP contribution in [0.3, 0.4) is 0 Å². The molecule has 4 rings (SSSR count). The van der Waals surface area contributed by atoms with Crippen LogP contribution in [0.25, 0.3) is 11.0 Å². The highest BCUT2D eigenvalue weighted by Gasteiger charge is 2.26. The summed E-state index contributed by atoms with van der Waals surface area (Å²) in [5.41, 5.74) is 3.19. The van der Waals surface area contributed by atoms with Crippen molar-refractivity contribution in [1.82, 2.24) is 14.9 Å². The Morgan fingerprint density at radius 1 is 1.38 bits per heavy atom. The number of para-hydroxylation sites is 2. The highest BCUT2D eigenvalue weighted by molar-refractivity contribution is 7.12. The van der Waals surface area contributed by atoms with Gasteiger partial charge in [-0.3, -0.25) is 4.79 Å². The number of aryl methyl sites for hydroxylation is 1. The van der Waals surface area contributed by atoms with Crippen LogP contribution in [0.2, 0.25) is 0 Å². The van der Waals surface area contributed by atoms with Gasteiger partial charge in [-0.15, -0.1) is 11.3 Å². The molecule has 0 aliphatic carbocycles. The van der Waals surface area contributed by atoms with E-state index >= 15 is 0 Å². The first kappa shape index (κ1) is 15.4. The van der Waals surface area contributed by atoms with Crippen molar-refractivity contribution in [3.63, 3.8) is 0 Å². The van der Waals surface area contributed by atoms with E-state index in [1.807, 2.05) is 41.5 Å². The molecule has 0 radical (unpaired) electrons. The molecule has 1 atom stereocenters. The molecule has 2 aromatic heterocycles. The van der Waals surface area contributed by atoms with E-state index in [-0.39, 0.29) is 5.91 Å². The number of hydrogen-bond acceptors (Lipinski definition) is 3. The molecule has 1 aliphatic rings. The molecule has 3 aromatic rings. The number of piperidine rings is 1. The molecule has 0 unspecified atom stereocenters. The standard InChI is InChI=1S/C19H21N3OS/c1-13-8-10-24-18(13)19(23)22-9-4-5-14(12-22)11-17-20-15-6-2-3-7-16(15)21-17/h2-3,6-8,10,14H,4-5,9,11-12H2,1H3,(H,20,21)/t14-/m1/s1. The van der Waals surface area contributed by atoms with Crippen LogP contribution in [-0.2, 0) is 6.42 Å². The summed E-state index contributed by atoms with van der Waals surface area (Å²) in [5, 5.41) is 2.00. The van der Waals surface area contributed by atoms with Gasteiger partial charge in [-0.1, -0.05) is 12.1 Å². The van der Waals surface area contributed by atoms with Crippen LogP contribution in [0.1, 0.15) is 33.9 Å². The highest BCUT2D eigenvalue weighted by atomic mass is 32.1. The van der Waals surface area contributed by atoms with Gasteiger partial charge in [-0.25, -0.2) is 4.98 Å². The summed E-state index contributed by atoms with van der Waals surface area (Å²) >= 11 is 1.55. The van der Waals surface area contributed by atoms with Gasteiger partial charge in [-0.05, 0) is 54.8 Å². The smallest absolute Gasteiger partial charge is 0.264 e. The summed E-state index contributed by atoms with van der Waals surface area (Å²) in [7, 11) is 0. The normalized spacial score (nSPS) is 18.2. The number of fused-ring (bicyclic) bond motifs is 1. The van der Waals surface area contributed by atoms with Crippen LogP contribution in [-0.4, -0.2) is 33.9 Å². The molecule has 1 amide bonds. The van der Waals surface area contributed by atoms with Gasteiger partial charge in [0.2, 0.25) is 0 Å². The maximum Gasteiger partial charge on any atom is 0.264 e. The minimum absolute atomic E-state index is 0.191. The first-order valence-corrected chi connectivity index (χ1v) is 9.35. The lowest BCUT2D eigenvalue weighted by atomic mass is 9.94. The van der Waals surface area contributed by atoms with E-state index < -0.39 is 0 Å². The molecule has 1 fully saturated rings. The predicted octanol–water partition coefficient (Wildman–Crippen LogP) is 4.03. The Labute approximate surface area is 145 Å². The molecule has 24 heavy (non-hydrogen) atoms. The molecule has 1 aliphatic heterocycles. The maximum absolute atomic E-state index is 12.7. The number of nitrogens with one attached hydrogen (secondary N) is 1. The SMILES string of the molecule is Cc1ccsc1C(=O)N1CCC[C@H](Cc2nc3ccccc3[nH]2)C1. The fourth-order valence-corrected chi connectivity index (χ4v) is 4.42. The number of benzene rings is 1. The van der Waals surface area contributed by atoms with E-state index in [4.69, 9.17) is 0 Å². The van der Waals surface area contributed by atoms with E-state index in [2.05, 4.69) is 16.0 Å². The number of nitrogens with zero attached hydrogens (tertiary/aromatic N) is 2. The number of hydrogen-bond donors (Lipinski definition) is 1. The number of amides is 1. The van der Waals surface area contributed by atoms with Gasteiger partial charge in [0, 0.05) is 19.5 Å². The number of imidazole rings is 1. The van der Waals surface area contributed by atoms with Crippen LogP contribution in [0.5, 0.6) is 0 Å². The first-order valence-electron chi connectivity index (χ1n) is 8.47. The topological polar surface area (TPSA) is 49.0 Å². The Hall–Kier alpha value is -2.14. The number of likely N-dealkylation sites (tertiary alicyclic amines) is 1. The summed E-state index contributed by atoms with van der Waals surface area (Å²) in [5.74, 6) is 1.70. The summed E-state index contributed by atoms with van der Waals surface area (Å²) in [6.07, 6.45) is 3.13. The average Bonchev–Trinajstić information content (AvgIpc) is 3.19. The largest absolute Gasteiger partial charge is 0.342 e. The summed E-state index contributed by atoms with van der Waals surface area (Å²) < 4.78 is 0. The number of rotatable bonds is 3. The molecule has 5 heteroatoms. The van der Waals surface area contributed by atoms with Crippen LogP contribution in [0.4, 0.5) is 0 Å². The van der Waals surface area contributed by atoms with Gasteiger partial charge < -0.3 is 9.88 Å². The Balaban J connectivity index is 1.46. The number of aromatic nitrogens is 2. The molecule has 0 saturated carbocycles. The zero-order valence-corrected chi connectivity index (χ0v) is 14.6. The van der Waals surface area contributed by atoms with Crippen molar-refractivity contribution in [3.05, 3.63) is 52.0 Å². The van der Waals surface area contributed by atoms with Gasteiger partial charge in [0.1, 0.15) is 5.82 Å². The zero-order valence-electron chi connectivity index (χ0n) is 13.8. The fraction of sp³-hybridized carbons (Fsp3) is 0.368.